The minimum atomic E-state index is -1.01. The van der Waals surface area contributed by atoms with E-state index in [2.05, 4.69) is 13.2 Å². The molecule has 0 aromatic heterocycles. The molecule has 0 saturated carbocycles. The third-order valence-electron chi connectivity index (χ3n) is 4.45. The summed E-state index contributed by atoms with van der Waals surface area (Å²) in [5, 5.41) is 10.8. The fourth-order valence-corrected chi connectivity index (χ4v) is 3.17. The van der Waals surface area contributed by atoms with Crippen LogP contribution in [0.1, 0.15) is 44.4 Å². The molecule has 25 heavy (non-hydrogen) atoms. The molecule has 1 aliphatic rings. The number of hydrogen-bond donors (Lipinski definition) is 1. The minimum Gasteiger partial charge on any atom is -0.508 e. The van der Waals surface area contributed by atoms with Gasteiger partial charge in [-0.1, -0.05) is 43.5 Å². The second-order valence-electron chi connectivity index (χ2n) is 7.27. The van der Waals surface area contributed by atoms with Crippen molar-refractivity contribution in [2.24, 2.45) is 0 Å². The molecule has 1 N–H and O–H groups in total. The highest BCUT2D eigenvalue weighted by molar-refractivity contribution is 6.26. The summed E-state index contributed by atoms with van der Waals surface area (Å²) in [5.41, 5.74) is 1.80. The Kier molecular flexibility index (Phi) is 4.92. The molecule has 1 aromatic rings. The molecule has 0 unspecified atom stereocenters. The van der Waals surface area contributed by atoms with Crippen LogP contribution >= 0.6 is 0 Å². The minimum absolute atomic E-state index is 0.0371. The molecular formula is C22H26O3. The molecule has 3 nitrogen and oxygen atoms in total. The first-order valence-corrected chi connectivity index (χ1v) is 8.30. The van der Waals surface area contributed by atoms with E-state index in [1.54, 1.807) is 39.8 Å². The van der Waals surface area contributed by atoms with Crippen molar-refractivity contribution in [3.8, 4) is 0 Å². The van der Waals surface area contributed by atoms with Crippen LogP contribution in [0.4, 0.5) is 0 Å². The maximum Gasteiger partial charge on any atom is 0.198 e. The summed E-state index contributed by atoms with van der Waals surface area (Å²) in [6, 6.07) is 5.81. The Balaban J connectivity index is 2.75. The lowest BCUT2D eigenvalue weighted by Gasteiger charge is -2.40. The van der Waals surface area contributed by atoms with E-state index in [1.165, 1.54) is 0 Å². The third-order valence-corrected chi connectivity index (χ3v) is 4.45. The molecule has 0 atom stereocenters. The molecule has 1 aromatic carbocycles. The molecule has 0 saturated heterocycles. The first-order valence-electron chi connectivity index (χ1n) is 8.30. The van der Waals surface area contributed by atoms with Gasteiger partial charge in [-0.2, -0.15) is 0 Å². The number of carbonyl (C=O) groups is 1. The first kappa shape index (κ1) is 18.9. The highest BCUT2D eigenvalue weighted by Crippen LogP contribution is 2.41. The van der Waals surface area contributed by atoms with E-state index in [9.17, 15) is 9.90 Å². The monoisotopic (exact) mass is 338 g/mol. The van der Waals surface area contributed by atoms with Gasteiger partial charge in [0.1, 0.15) is 17.0 Å². The summed E-state index contributed by atoms with van der Waals surface area (Å²) in [6.45, 7) is 16.5. The van der Waals surface area contributed by atoms with Gasteiger partial charge < -0.3 is 9.84 Å². The normalized spacial score (nSPS) is 19.7. The average Bonchev–Trinajstić information content (AvgIpc) is 2.52. The lowest BCUT2D eigenvalue weighted by Crippen LogP contribution is -2.49. The van der Waals surface area contributed by atoms with E-state index in [-0.39, 0.29) is 11.5 Å². The lowest BCUT2D eigenvalue weighted by atomic mass is 9.81. The van der Waals surface area contributed by atoms with Gasteiger partial charge in [0.2, 0.25) is 0 Å². The number of Topliss-reactive ketones (excluding diaryl/α,β-unsaturated/α-hetero) is 1. The van der Waals surface area contributed by atoms with Gasteiger partial charge in [0.25, 0.3) is 0 Å². The predicted molar refractivity (Wildman–Crippen MR) is 103 cm³/mol. The Morgan fingerprint density at radius 2 is 1.80 bits per heavy atom. The smallest absolute Gasteiger partial charge is 0.198 e. The number of aliphatic hydroxyl groups excluding tert-OH is 1. The fourth-order valence-electron chi connectivity index (χ4n) is 3.17. The average molecular weight is 338 g/mol. The van der Waals surface area contributed by atoms with E-state index >= 15 is 0 Å². The maximum atomic E-state index is 13.0. The van der Waals surface area contributed by atoms with Gasteiger partial charge in [0.15, 0.2) is 5.78 Å². The van der Waals surface area contributed by atoms with Crippen molar-refractivity contribution in [3.05, 3.63) is 72.0 Å². The van der Waals surface area contributed by atoms with E-state index in [1.807, 2.05) is 31.2 Å². The molecule has 0 amide bonds. The third kappa shape index (κ3) is 3.38. The van der Waals surface area contributed by atoms with Crippen molar-refractivity contribution in [2.75, 3.05) is 0 Å². The SMILES string of the molecule is C=C/C=C(\C=C)c1ccc(C)c(C2=C(O)C(C)(C)OC(C)(C)C2=O)c1. The molecule has 1 aliphatic heterocycles. The van der Waals surface area contributed by atoms with Gasteiger partial charge in [0, 0.05) is 0 Å². The number of benzene rings is 1. The number of hydrogen-bond acceptors (Lipinski definition) is 3. The highest BCUT2D eigenvalue weighted by Gasteiger charge is 2.47. The van der Waals surface area contributed by atoms with Crippen LogP contribution in [-0.4, -0.2) is 22.1 Å². The number of carbonyl (C=O) groups excluding carboxylic acids is 1. The molecule has 0 fully saturated rings. The summed E-state index contributed by atoms with van der Waals surface area (Å²) in [7, 11) is 0. The van der Waals surface area contributed by atoms with Gasteiger partial charge in [-0.15, -0.1) is 0 Å². The summed E-state index contributed by atoms with van der Waals surface area (Å²) >= 11 is 0. The quantitative estimate of drug-likeness (QED) is 0.770. The number of aliphatic hydroxyl groups is 1. The van der Waals surface area contributed by atoms with Crippen LogP contribution in [0.5, 0.6) is 0 Å². The highest BCUT2D eigenvalue weighted by atomic mass is 16.5. The Hall–Kier alpha value is -2.39. The van der Waals surface area contributed by atoms with Crippen LogP contribution in [-0.2, 0) is 9.53 Å². The van der Waals surface area contributed by atoms with Gasteiger partial charge in [-0.05, 0) is 62.9 Å². The molecule has 132 valence electrons. The Labute approximate surface area is 150 Å². The first-order chi connectivity index (χ1) is 11.5. The molecule has 0 spiro atoms. The number of ketones is 1. The topological polar surface area (TPSA) is 46.5 Å². The van der Waals surface area contributed by atoms with Gasteiger partial charge >= 0.3 is 0 Å². The largest absolute Gasteiger partial charge is 0.508 e. The summed E-state index contributed by atoms with van der Waals surface area (Å²) in [6.07, 6.45) is 5.29. The zero-order valence-corrected chi connectivity index (χ0v) is 15.6. The fraction of sp³-hybridized carbons (Fsp3) is 0.318. The Morgan fingerprint density at radius 1 is 1.16 bits per heavy atom. The number of rotatable bonds is 4. The van der Waals surface area contributed by atoms with Crippen LogP contribution in [0.25, 0.3) is 11.1 Å². The molecule has 0 aliphatic carbocycles. The molecule has 0 bridgehead atoms. The molecule has 3 heteroatoms. The summed E-state index contributed by atoms with van der Waals surface area (Å²) < 4.78 is 5.82. The second kappa shape index (κ2) is 6.49. The molecule has 0 radical (unpaired) electrons. The predicted octanol–water partition coefficient (Wildman–Crippen LogP) is 5.18. The second-order valence-corrected chi connectivity index (χ2v) is 7.27. The molecular weight excluding hydrogens is 312 g/mol. The Bertz CT molecular complexity index is 805. The van der Waals surface area contributed by atoms with E-state index in [4.69, 9.17) is 4.74 Å². The molecule has 1 heterocycles. The van der Waals surface area contributed by atoms with Crippen molar-refractivity contribution in [1.82, 2.24) is 0 Å². The van der Waals surface area contributed by atoms with Crippen molar-refractivity contribution in [3.63, 3.8) is 0 Å². The van der Waals surface area contributed by atoms with Crippen LogP contribution in [0.3, 0.4) is 0 Å². The standard InChI is InChI=1S/C22H26O3/c1-8-10-15(9-2)16-12-11-14(3)17(13-16)18-19(23)21(4,5)25-22(6,7)20(18)24/h8-13,23H,1-2H2,3-7H3/b15-10+. The number of ether oxygens (including phenoxy) is 1. The molecule has 2 rings (SSSR count). The lowest BCUT2D eigenvalue weighted by molar-refractivity contribution is -0.158. The van der Waals surface area contributed by atoms with Gasteiger partial charge in [0.05, 0.1) is 5.57 Å². The number of aryl methyl sites for hydroxylation is 1. The van der Waals surface area contributed by atoms with Crippen LogP contribution in [0.2, 0.25) is 0 Å². The van der Waals surface area contributed by atoms with Gasteiger partial charge in [-0.3, -0.25) is 4.79 Å². The zero-order valence-electron chi connectivity index (χ0n) is 15.6. The van der Waals surface area contributed by atoms with Crippen molar-refractivity contribution < 1.29 is 14.6 Å². The van der Waals surface area contributed by atoms with Crippen LogP contribution in [0.15, 0.2) is 55.3 Å². The van der Waals surface area contributed by atoms with Gasteiger partial charge in [-0.25, -0.2) is 0 Å². The number of allylic oxidation sites excluding steroid dienone is 4. The van der Waals surface area contributed by atoms with Crippen molar-refractivity contribution >= 4 is 16.9 Å². The zero-order chi connectivity index (χ0) is 19.0. The summed E-state index contributed by atoms with van der Waals surface area (Å²) in [4.78, 5) is 13.0. The summed E-state index contributed by atoms with van der Waals surface area (Å²) in [5.74, 6) is -0.262. The Morgan fingerprint density at radius 3 is 2.36 bits per heavy atom. The van der Waals surface area contributed by atoms with E-state index in [0.717, 1.165) is 16.7 Å². The van der Waals surface area contributed by atoms with Crippen LogP contribution < -0.4 is 0 Å². The van der Waals surface area contributed by atoms with Crippen molar-refractivity contribution in [2.45, 2.75) is 45.8 Å². The van der Waals surface area contributed by atoms with Crippen LogP contribution in [0, 0.1) is 6.92 Å². The maximum absolute atomic E-state index is 13.0. The van der Waals surface area contributed by atoms with E-state index < -0.39 is 11.2 Å². The van der Waals surface area contributed by atoms with E-state index in [0.29, 0.717) is 11.1 Å². The van der Waals surface area contributed by atoms with Crippen molar-refractivity contribution in [1.29, 1.82) is 0 Å².